The second-order valence-electron chi connectivity index (χ2n) is 9.17. The molecule has 0 spiro atoms. The lowest BCUT2D eigenvalue weighted by atomic mass is 10.2. The first-order valence-electron chi connectivity index (χ1n) is 12.4. The summed E-state index contributed by atoms with van der Waals surface area (Å²) in [5.74, 6) is -0.749. The van der Waals surface area contributed by atoms with Crippen molar-refractivity contribution >= 4 is 34.5 Å². The van der Waals surface area contributed by atoms with E-state index in [0.717, 1.165) is 16.7 Å². The Morgan fingerprint density at radius 3 is 2.19 bits per heavy atom. The molecule has 0 bridgehead atoms. The van der Waals surface area contributed by atoms with Crippen LogP contribution in [-0.2, 0) is 19.6 Å². The van der Waals surface area contributed by atoms with Gasteiger partial charge in [-0.1, -0.05) is 35.9 Å². The molecule has 0 radical (unpaired) electrons. The number of aromatic nitrogens is 5. The number of rotatable bonds is 9. The molecule has 0 amide bonds. The predicted octanol–water partition coefficient (Wildman–Crippen LogP) is 4.24. The van der Waals surface area contributed by atoms with Crippen LogP contribution in [0.5, 0.6) is 5.75 Å². The number of ether oxygens (including phenoxy) is 1. The van der Waals surface area contributed by atoms with E-state index < -0.39 is 29.3 Å². The number of benzene rings is 3. The van der Waals surface area contributed by atoms with Gasteiger partial charge in [0.2, 0.25) is 11.9 Å². The van der Waals surface area contributed by atoms with Gasteiger partial charge in [0.05, 0.1) is 24.1 Å². The summed E-state index contributed by atoms with van der Waals surface area (Å²) >= 11 is 6.12. The Morgan fingerprint density at radius 1 is 0.881 bits per heavy atom. The number of anilines is 2. The van der Waals surface area contributed by atoms with Crippen molar-refractivity contribution in [2.75, 3.05) is 17.6 Å². The minimum atomic E-state index is -4.86. The molecule has 3 aromatic carbocycles. The Hall–Kier alpha value is -4.85. The van der Waals surface area contributed by atoms with Gasteiger partial charge in [-0.3, -0.25) is 4.57 Å². The third kappa shape index (κ3) is 6.54. The van der Waals surface area contributed by atoms with Gasteiger partial charge in [-0.15, -0.1) is 13.2 Å². The van der Waals surface area contributed by atoms with Gasteiger partial charge in [0.1, 0.15) is 11.6 Å². The summed E-state index contributed by atoms with van der Waals surface area (Å²) in [6, 6.07) is 15.3. The molecule has 5 aromatic rings. The lowest BCUT2D eigenvalue weighted by Crippen LogP contribution is -2.43. The zero-order valence-corrected chi connectivity index (χ0v) is 22.4. The van der Waals surface area contributed by atoms with Crippen molar-refractivity contribution in [2.24, 2.45) is 0 Å². The highest BCUT2D eigenvalue weighted by molar-refractivity contribution is 6.31. The molecule has 0 fully saturated rings. The Kier molecular flexibility index (Phi) is 7.89. The maximum absolute atomic E-state index is 13.5. The largest absolute Gasteiger partial charge is 0.573 e. The Bertz CT molecular complexity index is 1850. The number of imidazole rings is 1. The van der Waals surface area contributed by atoms with Crippen LogP contribution in [-0.4, -0.2) is 36.6 Å². The van der Waals surface area contributed by atoms with Crippen LogP contribution in [0.25, 0.3) is 11.0 Å². The van der Waals surface area contributed by atoms with E-state index in [1.54, 1.807) is 22.8 Å². The van der Waals surface area contributed by atoms with Crippen LogP contribution in [0.1, 0.15) is 11.1 Å². The average Bonchev–Trinajstić information content (AvgIpc) is 3.24. The van der Waals surface area contributed by atoms with E-state index in [0.29, 0.717) is 27.2 Å². The summed E-state index contributed by atoms with van der Waals surface area (Å²) in [5, 5.41) is 3.47. The third-order valence-corrected chi connectivity index (χ3v) is 6.49. The Labute approximate surface area is 239 Å². The molecule has 2 aromatic heterocycles. The van der Waals surface area contributed by atoms with Crippen molar-refractivity contribution in [3.63, 3.8) is 0 Å². The van der Waals surface area contributed by atoms with Crippen molar-refractivity contribution in [1.82, 2.24) is 23.7 Å². The van der Waals surface area contributed by atoms with Crippen LogP contribution in [0.2, 0.25) is 5.02 Å². The molecule has 15 heteroatoms. The SMILES string of the molecule is Nc1nc2ccc(Cl)cc2n1CCNc1nc(=O)n(Cc2ccc(F)cc2)c(=O)n1Cc1ccc(OC(F)(F)F)cc1. The Balaban J connectivity index is 1.45. The molecule has 2 heterocycles. The van der Waals surface area contributed by atoms with Crippen LogP contribution >= 0.6 is 11.6 Å². The second-order valence-corrected chi connectivity index (χ2v) is 9.61. The molecule has 42 heavy (non-hydrogen) atoms. The zero-order valence-electron chi connectivity index (χ0n) is 21.6. The number of alkyl halides is 3. The van der Waals surface area contributed by atoms with E-state index in [1.807, 2.05) is 0 Å². The number of fused-ring (bicyclic) bond motifs is 1. The predicted molar refractivity (Wildman–Crippen MR) is 148 cm³/mol. The summed E-state index contributed by atoms with van der Waals surface area (Å²) in [4.78, 5) is 34.8. The summed E-state index contributed by atoms with van der Waals surface area (Å²) in [7, 11) is 0. The van der Waals surface area contributed by atoms with Gasteiger partial charge in [0, 0.05) is 18.1 Å². The highest BCUT2D eigenvalue weighted by Crippen LogP contribution is 2.24. The maximum atomic E-state index is 13.5. The van der Waals surface area contributed by atoms with Gasteiger partial charge in [-0.05, 0) is 53.6 Å². The summed E-state index contributed by atoms with van der Waals surface area (Å²) in [6.07, 6.45) is -4.86. The molecule has 0 aliphatic carbocycles. The molecule has 3 N–H and O–H groups in total. The molecule has 5 rings (SSSR count). The monoisotopic (exact) mass is 603 g/mol. The summed E-state index contributed by atoms with van der Waals surface area (Å²) in [5.41, 5.74) is 6.71. The number of hydrogen-bond acceptors (Lipinski definition) is 7. The van der Waals surface area contributed by atoms with Gasteiger partial charge in [0.25, 0.3) is 0 Å². The van der Waals surface area contributed by atoms with Crippen LogP contribution in [0.15, 0.2) is 76.3 Å². The number of hydrogen-bond donors (Lipinski definition) is 2. The standard InChI is InChI=1S/C27H22ClF4N7O3/c28-18-5-10-21-22(13-18)37(23(33)35-21)12-11-34-24-36-25(40)39(15-16-1-6-19(29)7-2-16)26(41)38(24)14-17-3-8-20(9-4-17)42-27(30,31)32/h1-10,13H,11-12,14-15H2,(H2,33,35)(H,34,36,40). The molecule has 0 saturated carbocycles. The lowest BCUT2D eigenvalue weighted by Gasteiger charge is -2.16. The van der Waals surface area contributed by atoms with Crippen LogP contribution in [0, 0.1) is 5.82 Å². The first-order chi connectivity index (χ1) is 20.0. The van der Waals surface area contributed by atoms with Gasteiger partial charge in [-0.2, -0.15) is 4.98 Å². The van der Waals surface area contributed by atoms with Gasteiger partial charge in [0.15, 0.2) is 0 Å². The number of nitrogens with zero attached hydrogens (tertiary/aromatic N) is 5. The number of nitrogens with one attached hydrogen (secondary N) is 1. The molecule has 10 nitrogen and oxygen atoms in total. The highest BCUT2D eigenvalue weighted by Gasteiger charge is 2.31. The van der Waals surface area contributed by atoms with E-state index in [2.05, 4.69) is 20.0 Å². The van der Waals surface area contributed by atoms with E-state index in [-0.39, 0.29) is 38.1 Å². The smallest absolute Gasteiger partial charge is 0.406 e. The van der Waals surface area contributed by atoms with Crippen molar-refractivity contribution in [3.05, 3.63) is 110 Å². The van der Waals surface area contributed by atoms with E-state index in [1.165, 1.54) is 41.0 Å². The fourth-order valence-corrected chi connectivity index (χ4v) is 4.49. The fraction of sp³-hybridized carbons (Fsp3) is 0.185. The van der Waals surface area contributed by atoms with E-state index >= 15 is 0 Å². The molecule has 0 aliphatic heterocycles. The number of halogens is 5. The first kappa shape index (κ1) is 28.7. The fourth-order valence-electron chi connectivity index (χ4n) is 4.32. The molecule has 0 unspecified atom stereocenters. The second kappa shape index (κ2) is 11.6. The number of nitrogens with two attached hydrogens (primary N) is 1. The topological polar surface area (TPSA) is 122 Å². The van der Waals surface area contributed by atoms with Crippen molar-refractivity contribution in [2.45, 2.75) is 26.0 Å². The molecule has 0 saturated heterocycles. The Morgan fingerprint density at radius 2 is 1.52 bits per heavy atom. The van der Waals surface area contributed by atoms with Crippen molar-refractivity contribution in [1.29, 1.82) is 0 Å². The van der Waals surface area contributed by atoms with Gasteiger partial charge in [-0.25, -0.2) is 23.5 Å². The van der Waals surface area contributed by atoms with Gasteiger partial charge < -0.3 is 20.4 Å². The minimum Gasteiger partial charge on any atom is -0.406 e. The first-order valence-corrected chi connectivity index (χ1v) is 12.8. The summed E-state index contributed by atoms with van der Waals surface area (Å²) < 4.78 is 58.7. The molecule has 218 valence electrons. The van der Waals surface area contributed by atoms with Crippen LogP contribution in [0.4, 0.5) is 29.5 Å². The zero-order chi connectivity index (χ0) is 30.0. The minimum absolute atomic E-state index is 0.0722. The quantitative estimate of drug-likeness (QED) is 0.242. The maximum Gasteiger partial charge on any atom is 0.573 e. The summed E-state index contributed by atoms with van der Waals surface area (Å²) in [6.45, 7) is 0.104. The molecular formula is C27H22ClF4N7O3. The van der Waals surface area contributed by atoms with Gasteiger partial charge >= 0.3 is 17.7 Å². The van der Waals surface area contributed by atoms with Crippen LogP contribution < -0.4 is 27.2 Å². The highest BCUT2D eigenvalue weighted by atomic mass is 35.5. The average molecular weight is 604 g/mol. The van der Waals surface area contributed by atoms with E-state index in [9.17, 15) is 27.2 Å². The van der Waals surface area contributed by atoms with E-state index in [4.69, 9.17) is 17.3 Å². The van der Waals surface area contributed by atoms with Crippen molar-refractivity contribution in [3.8, 4) is 5.75 Å². The van der Waals surface area contributed by atoms with Crippen LogP contribution in [0.3, 0.4) is 0 Å². The normalized spacial score (nSPS) is 11.6. The molecule has 0 atom stereocenters. The lowest BCUT2D eigenvalue weighted by molar-refractivity contribution is -0.274. The number of nitrogen functional groups attached to an aromatic ring is 1. The third-order valence-electron chi connectivity index (χ3n) is 6.26. The van der Waals surface area contributed by atoms with Crippen molar-refractivity contribution < 1.29 is 22.3 Å². The molecular weight excluding hydrogens is 582 g/mol. The molecule has 0 aliphatic rings.